The summed E-state index contributed by atoms with van der Waals surface area (Å²) in [7, 11) is 5.52. The van der Waals surface area contributed by atoms with Crippen LogP contribution in [0.5, 0.6) is 23.0 Å². The van der Waals surface area contributed by atoms with E-state index in [0.717, 1.165) is 55.2 Å². The van der Waals surface area contributed by atoms with Crippen LogP contribution < -0.4 is 18.9 Å². The molecular weight excluding hydrogens is 416 g/mol. The Bertz CT molecular complexity index is 1010. The van der Waals surface area contributed by atoms with E-state index < -0.39 is 11.7 Å². The van der Waals surface area contributed by atoms with Gasteiger partial charge >= 0.3 is 0 Å². The van der Waals surface area contributed by atoms with Crippen LogP contribution in [0.25, 0.3) is 0 Å². The standard InChI is InChI=1S/C27H34N2O4/c1-18(2)27(17-28,26-32-22-10-6-7-11-23(22)33-26)12-8-9-21-13-19-14-24(30-4)25(31-5)15-20(19)16-29(21)3/h6-7,10-11,14-15,18,21,26H,8-9,12-13,16H2,1-5H3. The molecule has 2 unspecified atom stereocenters. The largest absolute Gasteiger partial charge is 0.493 e. The summed E-state index contributed by atoms with van der Waals surface area (Å²) >= 11 is 0. The molecule has 0 spiro atoms. The highest BCUT2D eigenvalue weighted by atomic mass is 16.7. The van der Waals surface area contributed by atoms with Crippen molar-refractivity contribution in [3.05, 3.63) is 47.5 Å². The SMILES string of the molecule is COc1cc2c(cc1OC)CN(C)C(CCCC(C#N)(C(C)C)C1Oc3ccccc3O1)C2. The third-order valence-electron chi connectivity index (χ3n) is 7.31. The van der Waals surface area contributed by atoms with E-state index in [0.29, 0.717) is 6.04 Å². The van der Waals surface area contributed by atoms with Gasteiger partial charge in [-0.1, -0.05) is 26.0 Å². The second-order valence-corrected chi connectivity index (χ2v) is 9.46. The summed E-state index contributed by atoms with van der Waals surface area (Å²) < 4.78 is 23.2. The monoisotopic (exact) mass is 450 g/mol. The van der Waals surface area contributed by atoms with E-state index in [-0.39, 0.29) is 5.92 Å². The Kier molecular flexibility index (Phi) is 6.71. The lowest BCUT2D eigenvalue weighted by atomic mass is 9.73. The maximum Gasteiger partial charge on any atom is 0.260 e. The van der Waals surface area contributed by atoms with Crippen molar-refractivity contribution in [2.24, 2.45) is 11.3 Å². The highest BCUT2D eigenvalue weighted by Crippen LogP contribution is 2.46. The molecule has 0 fully saturated rings. The van der Waals surface area contributed by atoms with Crippen molar-refractivity contribution in [2.45, 2.75) is 58.4 Å². The van der Waals surface area contributed by atoms with Crippen LogP contribution in [0.2, 0.25) is 0 Å². The molecule has 0 bridgehead atoms. The summed E-state index contributed by atoms with van der Waals surface area (Å²) in [5.41, 5.74) is 1.88. The van der Waals surface area contributed by atoms with Crippen LogP contribution in [0.4, 0.5) is 0 Å². The highest BCUT2D eigenvalue weighted by molar-refractivity contribution is 5.48. The number of para-hydroxylation sites is 2. The molecule has 33 heavy (non-hydrogen) atoms. The van der Waals surface area contributed by atoms with Gasteiger partial charge in [0.05, 0.1) is 20.3 Å². The van der Waals surface area contributed by atoms with E-state index in [1.165, 1.54) is 11.1 Å². The van der Waals surface area contributed by atoms with Gasteiger partial charge in [-0.05, 0) is 74.0 Å². The maximum atomic E-state index is 10.3. The molecule has 0 amide bonds. The van der Waals surface area contributed by atoms with Gasteiger partial charge in [0, 0.05) is 12.6 Å². The first kappa shape index (κ1) is 23.3. The molecule has 2 atom stereocenters. The Morgan fingerprint density at radius 1 is 1.09 bits per heavy atom. The van der Waals surface area contributed by atoms with Gasteiger partial charge in [-0.15, -0.1) is 0 Å². The summed E-state index contributed by atoms with van der Waals surface area (Å²) in [5.74, 6) is 3.09. The molecule has 4 rings (SSSR count). The zero-order chi connectivity index (χ0) is 23.6. The predicted octanol–water partition coefficient (Wildman–Crippen LogP) is 5.19. The van der Waals surface area contributed by atoms with E-state index in [1.54, 1.807) is 14.2 Å². The zero-order valence-corrected chi connectivity index (χ0v) is 20.3. The Morgan fingerprint density at radius 3 is 2.24 bits per heavy atom. The van der Waals surface area contributed by atoms with Gasteiger partial charge in [0.15, 0.2) is 23.0 Å². The van der Waals surface area contributed by atoms with Crippen molar-refractivity contribution < 1.29 is 18.9 Å². The van der Waals surface area contributed by atoms with E-state index in [9.17, 15) is 5.26 Å². The number of fused-ring (bicyclic) bond motifs is 2. The van der Waals surface area contributed by atoms with Gasteiger partial charge in [-0.3, -0.25) is 4.90 Å². The highest BCUT2D eigenvalue weighted by Gasteiger charge is 2.48. The van der Waals surface area contributed by atoms with E-state index in [4.69, 9.17) is 18.9 Å². The molecule has 0 saturated carbocycles. The maximum absolute atomic E-state index is 10.3. The molecule has 0 aromatic heterocycles. The molecule has 2 heterocycles. The number of methoxy groups -OCH3 is 2. The van der Waals surface area contributed by atoms with Crippen LogP contribution >= 0.6 is 0 Å². The summed E-state index contributed by atoms with van der Waals surface area (Å²) in [5, 5.41) is 10.3. The fourth-order valence-electron chi connectivity index (χ4n) is 5.09. The van der Waals surface area contributed by atoms with Crippen molar-refractivity contribution >= 4 is 0 Å². The average Bonchev–Trinajstić information content (AvgIpc) is 3.25. The number of likely N-dealkylation sites (N-methyl/N-ethyl adjacent to an activating group) is 1. The number of nitrogens with zero attached hydrogens (tertiary/aromatic N) is 2. The second-order valence-electron chi connectivity index (χ2n) is 9.46. The number of nitriles is 1. The van der Waals surface area contributed by atoms with Crippen molar-refractivity contribution in [1.82, 2.24) is 4.90 Å². The Morgan fingerprint density at radius 2 is 1.70 bits per heavy atom. The molecule has 0 aliphatic carbocycles. The van der Waals surface area contributed by atoms with Crippen LogP contribution in [-0.2, 0) is 13.0 Å². The summed E-state index contributed by atoms with van der Waals surface area (Å²) in [6.45, 7) is 5.04. The van der Waals surface area contributed by atoms with Gasteiger partial charge in [-0.25, -0.2) is 0 Å². The summed E-state index contributed by atoms with van der Waals surface area (Å²) in [4.78, 5) is 2.40. The van der Waals surface area contributed by atoms with Crippen LogP contribution in [0.1, 0.15) is 44.2 Å². The number of hydrogen-bond acceptors (Lipinski definition) is 6. The first-order chi connectivity index (χ1) is 15.9. The molecule has 6 heteroatoms. The van der Waals surface area contributed by atoms with Crippen molar-refractivity contribution in [3.8, 4) is 29.1 Å². The van der Waals surface area contributed by atoms with Crippen LogP contribution in [0.15, 0.2) is 36.4 Å². The van der Waals surface area contributed by atoms with Gasteiger partial charge in [0.1, 0.15) is 5.41 Å². The van der Waals surface area contributed by atoms with Crippen LogP contribution in [0.3, 0.4) is 0 Å². The number of hydrogen-bond donors (Lipinski definition) is 0. The van der Waals surface area contributed by atoms with Gasteiger partial charge in [-0.2, -0.15) is 5.26 Å². The molecule has 2 aromatic rings. The Labute approximate surface area is 197 Å². The minimum atomic E-state index is -0.708. The fraction of sp³-hybridized carbons (Fsp3) is 0.519. The molecule has 2 aliphatic heterocycles. The van der Waals surface area contributed by atoms with Gasteiger partial charge in [0.25, 0.3) is 6.29 Å². The zero-order valence-electron chi connectivity index (χ0n) is 20.3. The normalized spacial score (nSPS) is 19.6. The fourth-order valence-corrected chi connectivity index (χ4v) is 5.09. The molecule has 0 N–H and O–H groups in total. The van der Waals surface area contributed by atoms with Gasteiger partial charge < -0.3 is 18.9 Å². The third-order valence-corrected chi connectivity index (χ3v) is 7.31. The predicted molar refractivity (Wildman–Crippen MR) is 127 cm³/mol. The molecule has 176 valence electrons. The molecule has 2 aromatic carbocycles. The summed E-state index contributed by atoms with van der Waals surface area (Å²) in [6, 6.07) is 14.8. The van der Waals surface area contributed by atoms with Crippen molar-refractivity contribution in [3.63, 3.8) is 0 Å². The topological polar surface area (TPSA) is 64.0 Å². The lowest BCUT2D eigenvalue weighted by Gasteiger charge is -2.37. The minimum absolute atomic E-state index is 0.100. The lowest BCUT2D eigenvalue weighted by molar-refractivity contribution is -0.0656. The molecule has 6 nitrogen and oxygen atoms in total. The minimum Gasteiger partial charge on any atom is -0.493 e. The quantitative estimate of drug-likeness (QED) is 0.551. The van der Waals surface area contributed by atoms with E-state index in [1.807, 2.05) is 24.3 Å². The number of benzene rings is 2. The van der Waals surface area contributed by atoms with Crippen LogP contribution in [-0.4, -0.2) is 38.5 Å². The van der Waals surface area contributed by atoms with Gasteiger partial charge in [0.2, 0.25) is 0 Å². The van der Waals surface area contributed by atoms with Crippen molar-refractivity contribution in [2.75, 3.05) is 21.3 Å². The Hall–Kier alpha value is -2.91. The molecule has 0 radical (unpaired) electrons. The first-order valence-electron chi connectivity index (χ1n) is 11.7. The lowest BCUT2D eigenvalue weighted by Crippen LogP contribution is -2.44. The third kappa shape index (κ3) is 4.35. The Balaban J connectivity index is 1.44. The van der Waals surface area contributed by atoms with Crippen LogP contribution in [0, 0.1) is 22.7 Å². The van der Waals surface area contributed by atoms with E-state index in [2.05, 4.69) is 44.0 Å². The number of rotatable bonds is 8. The van der Waals surface area contributed by atoms with Crippen molar-refractivity contribution in [1.29, 1.82) is 5.26 Å². The molecule has 2 aliphatic rings. The average molecular weight is 451 g/mol. The molecular formula is C27H34N2O4. The summed E-state index contributed by atoms with van der Waals surface area (Å²) in [6.07, 6.45) is 3.02. The van der Waals surface area contributed by atoms with E-state index >= 15 is 0 Å². The second kappa shape index (κ2) is 9.52. The number of ether oxygens (including phenoxy) is 4. The smallest absolute Gasteiger partial charge is 0.260 e. The molecule has 0 saturated heterocycles. The first-order valence-corrected chi connectivity index (χ1v) is 11.7.